The normalized spacial score (nSPS) is 14.9. The highest BCUT2D eigenvalue weighted by Gasteiger charge is 2.26. The molecule has 0 saturated carbocycles. The molecular formula is C37H67O9P. The van der Waals surface area contributed by atoms with Gasteiger partial charge < -0.3 is 24.6 Å². The van der Waals surface area contributed by atoms with Crippen molar-refractivity contribution >= 4 is 13.8 Å². The predicted octanol–water partition coefficient (Wildman–Crippen LogP) is 9.08. The number of ether oxygens (including phenoxy) is 2. The Balaban J connectivity index is 4.36. The second-order valence-corrected chi connectivity index (χ2v) is 13.3. The monoisotopic (exact) mass is 686 g/mol. The van der Waals surface area contributed by atoms with Crippen molar-refractivity contribution in [2.75, 3.05) is 33.0 Å². The number of hydrogen-bond acceptors (Lipinski definition) is 8. The summed E-state index contributed by atoms with van der Waals surface area (Å²) in [5.41, 5.74) is 0. The van der Waals surface area contributed by atoms with Crippen molar-refractivity contribution in [1.29, 1.82) is 0 Å². The molecule has 0 aliphatic heterocycles. The van der Waals surface area contributed by atoms with Crippen LogP contribution in [0, 0.1) is 0 Å². The van der Waals surface area contributed by atoms with Gasteiger partial charge >= 0.3 is 13.8 Å². The van der Waals surface area contributed by atoms with Crippen LogP contribution in [0.25, 0.3) is 0 Å². The fourth-order valence-electron chi connectivity index (χ4n) is 4.53. The molecule has 0 bridgehead atoms. The van der Waals surface area contributed by atoms with Crippen molar-refractivity contribution in [2.45, 2.75) is 148 Å². The molecule has 0 spiro atoms. The van der Waals surface area contributed by atoms with Crippen LogP contribution in [-0.2, 0) is 27.9 Å². The molecule has 0 rings (SSSR count). The summed E-state index contributed by atoms with van der Waals surface area (Å²) in [6.45, 7) is 3.22. The molecule has 3 unspecified atom stereocenters. The first-order chi connectivity index (χ1) is 22.8. The molecule has 3 atom stereocenters. The van der Waals surface area contributed by atoms with E-state index in [9.17, 15) is 19.4 Å². The lowest BCUT2D eigenvalue weighted by molar-refractivity contribution is -0.154. The quantitative estimate of drug-likeness (QED) is 0.0262. The molecule has 10 heteroatoms. The summed E-state index contributed by atoms with van der Waals surface area (Å²) in [5, 5.41) is 18.2. The van der Waals surface area contributed by atoms with E-state index in [2.05, 4.69) is 62.5 Å². The summed E-state index contributed by atoms with van der Waals surface area (Å²) in [6, 6.07) is 0. The molecule has 47 heavy (non-hydrogen) atoms. The van der Waals surface area contributed by atoms with Crippen molar-refractivity contribution in [3.05, 3.63) is 48.6 Å². The molecule has 0 heterocycles. The Hall–Kier alpha value is -1.58. The van der Waals surface area contributed by atoms with E-state index in [1.54, 1.807) is 0 Å². The van der Waals surface area contributed by atoms with Crippen LogP contribution < -0.4 is 0 Å². The highest BCUT2D eigenvalue weighted by Crippen LogP contribution is 2.43. The Kier molecular flexibility index (Phi) is 33.1. The second-order valence-electron chi connectivity index (χ2n) is 11.9. The van der Waals surface area contributed by atoms with Gasteiger partial charge in [0.05, 0.1) is 26.4 Å². The number of carbonyl (C=O) groups is 1. The molecule has 0 aliphatic carbocycles. The number of carbonyl (C=O) groups excluding carboxylic acids is 1. The van der Waals surface area contributed by atoms with Gasteiger partial charge in [-0.1, -0.05) is 133 Å². The van der Waals surface area contributed by atoms with Crippen molar-refractivity contribution in [3.8, 4) is 0 Å². The Morgan fingerprint density at radius 1 is 0.681 bits per heavy atom. The third-order valence-corrected chi connectivity index (χ3v) is 8.23. The summed E-state index contributed by atoms with van der Waals surface area (Å²) in [7, 11) is -4.52. The number of hydrogen-bond donors (Lipinski definition) is 3. The van der Waals surface area contributed by atoms with Crippen LogP contribution in [0.3, 0.4) is 0 Å². The Morgan fingerprint density at radius 2 is 1.19 bits per heavy atom. The number of rotatable bonds is 34. The lowest BCUT2D eigenvalue weighted by Crippen LogP contribution is -2.29. The molecule has 0 aromatic carbocycles. The van der Waals surface area contributed by atoms with E-state index >= 15 is 0 Å². The van der Waals surface area contributed by atoms with Gasteiger partial charge in [-0.2, -0.15) is 0 Å². The molecule has 0 amide bonds. The minimum atomic E-state index is -4.52. The number of aliphatic hydroxyl groups is 2. The van der Waals surface area contributed by atoms with E-state index in [4.69, 9.17) is 23.6 Å². The fourth-order valence-corrected chi connectivity index (χ4v) is 5.32. The summed E-state index contributed by atoms with van der Waals surface area (Å²) in [4.78, 5) is 22.4. The maximum atomic E-state index is 12.5. The lowest BCUT2D eigenvalue weighted by atomic mass is 10.0. The third kappa shape index (κ3) is 34.1. The second kappa shape index (κ2) is 34.3. The predicted molar refractivity (Wildman–Crippen MR) is 191 cm³/mol. The molecule has 0 aromatic heterocycles. The largest absolute Gasteiger partial charge is 0.472 e. The van der Waals surface area contributed by atoms with E-state index in [0.29, 0.717) is 6.61 Å². The Morgan fingerprint density at radius 3 is 1.74 bits per heavy atom. The van der Waals surface area contributed by atoms with Crippen LogP contribution in [0.2, 0.25) is 0 Å². The third-order valence-electron chi connectivity index (χ3n) is 7.28. The zero-order valence-electron chi connectivity index (χ0n) is 29.5. The molecule has 0 radical (unpaired) electrons. The van der Waals surface area contributed by atoms with Crippen LogP contribution in [0.1, 0.15) is 136 Å². The average molecular weight is 687 g/mol. The van der Waals surface area contributed by atoms with E-state index < -0.39 is 45.8 Å². The van der Waals surface area contributed by atoms with Crippen molar-refractivity contribution in [1.82, 2.24) is 0 Å². The topological polar surface area (TPSA) is 132 Å². The van der Waals surface area contributed by atoms with Gasteiger partial charge in [-0.25, -0.2) is 4.57 Å². The zero-order valence-corrected chi connectivity index (χ0v) is 30.4. The minimum absolute atomic E-state index is 0.0116. The Bertz CT molecular complexity index is 872. The number of phosphoric acid groups is 1. The van der Waals surface area contributed by atoms with Crippen LogP contribution in [0.15, 0.2) is 48.6 Å². The minimum Gasteiger partial charge on any atom is -0.457 e. The van der Waals surface area contributed by atoms with Crippen LogP contribution in [0.4, 0.5) is 0 Å². The summed E-state index contributed by atoms with van der Waals surface area (Å²) < 4.78 is 33.1. The van der Waals surface area contributed by atoms with Gasteiger partial charge in [0.1, 0.15) is 12.2 Å². The van der Waals surface area contributed by atoms with Crippen LogP contribution in [0.5, 0.6) is 0 Å². The van der Waals surface area contributed by atoms with E-state index in [1.807, 2.05) is 0 Å². The van der Waals surface area contributed by atoms with Gasteiger partial charge in [0.2, 0.25) is 0 Å². The molecule has 0 saturated heterocycles. The number of aliphatic hydroxyl groups excluding tert-OH is 2. The lowest BCUT2D eigenvalue weighted by Gasteiger charge is -2.20. The highest BCUT2D eigenvalue weighted by atomic mass is 31.2. The molecule has 274 valence electrons. The van der Waals surface area contributed by atoms with Crippen LogP contribution in [-0.4, -0.2) is 66.3 Å². The first-order valence-corrected chi connectivity index (χ1v) is 19.6. The number of phosphoric ester groups is 1. The molecule has 0 aromatic rings. The molecule has 3 N–H and O–H groups in total. The van der Waals surface area contributed by atoms with Crippen molar-refractivity contribution in [2.24, 2.45) is 0 Å². The van der Waals surface area contributed by atoms with Gasteiger partial charge in [0, 0.05) is 13.0 Å². The maximum absolute atomic E-state index is 12.5. The van der Waals surface area contributed by atoms with Gasteiger partial charge in [0.15, 0.2) is 0 Å². The summed E-state index contributed by atoms with van der Waals surface area (Å²) in [6.07, 6.45) is 35.1. The zero-order chi connectivity index (χ0) is 34.7. The van der Waals surface area contributed by atoms with Gasteiger partial charge in [0.25, 0.3) is 0 Å². The molecule has 0 fully saturated rings. The molecule has 9 nitrogen and oxygen atoms in total. The summed E-state index contributed by atoms with van der Waals surface area (Å²) in [5.74, 6) is -0.404. The maximum Gasteiger partial charge on any atom is 0.472 e. The van der Waals surface area contributed by atoms with Crippen molar-refractivity contribution in [3.63, 3.8) is 0 Å². The van der Waals surface area contributed by atoms with Gasteiger partial charge in [-0.3, -0.25) is 13.8 Å². The fraction of sp³-hybridized carbons (Fsp3) is 0.757. The number of allylic oxidation sites excluding steroid dienone is 8. The van der Waals surface area contributed by atoms with E-state index in [1.165, 1.54) is 57.8 Å². The highest BCUT2D eigenvalue weighted by molar-refractivity contribution is 7.47. The van der Waals surface area contributed by atoms with E-state index in [0.717, 1.165) is 57.8 Å². The van der Waals surface area contributed by atoms with Crippen LogP contribution >= 0.6 is 7.82 Å². The van der Waals surface area contributed by atoms with Gasteiger partial charge in [-0.15, -0.1) is 0 Å². The van der Waals surface area contributed by atoms with E-state index in [-0.39, 0.29) is 13.0 Å². The number of esters is 1. The summed E-state index contributed by atoms with van der Waals surface area (Å²) >= 11 is 0. The molecule has 0 aliphatic rings. The van der Waals surface area contributed by atoms with Crippen molar-refractivity contribution < 1.29 is 43.0 Å². The molecular weight excluding hydrogens is 619 g/mol. The number of unbranched alkanes of at least 4 members (excludes halogenated alkanes) is 12. The van der Waals surface area contributed by atoms with Gasteiger partial charge in [-0.05, 0) is 44.9 Å². The first kappa shape index (κ1) is 45.4. The smallest absolute Gasteiger partial charge is 0.457 e. The standard InChI is InChI=1S/C37H67O9P/c1-3-5-7-9-11-13-15-17-18-20-22-24-26-28-30-43-33-36(34-45-47(41,42)44-32-35(39)31-38)46-37(40)29-27-25-23-21-19-16-14-12-10-8-6-4-2/h5,7,11,13,17-18,22,24,35-36,38-39H,3-4,6,8-10,12,14-16,19-21,23,25-34H2,1-2H3,(H,41,42)/b7-5-,13-11-,18-17-,24-22-. The Labute approximate surface area is 286 Å². The average Bonchev–Trinajstić information content (AvgIpc) is 3.06. The first-order valence-electron chi connectivity index (χ1n) is 18.1. The SMILES string of the molecule is CC/C=C\C/C=C\C/C=C\C/C=C\CCCOCC(COP(=O)(O)OCC(O)CO)OC(=O)CCCCCCCCCCCCCC.